The number of hydrogen-bond donors (Lipinski definition) is 4. The summed E-state index contributed by atoms with van der Waals surface area (Å²) in [6.07, 6.45) is 1.68. The van der Waals surface area contributed by atoms with Crippen LogP contribution >= 0.6 is 34.9 Å². The molecule has 17 nitrogen and oxygen atoms in total. The van der Waals surface area contributed by atoms with Crippen molar-refractivity contribution in [3.63, 3.8) is 0 Å². The zero-order valence-electron chi connectivity index (χ0n) is 42.3. The number of esters is 2. The molecule has 4 heterocycles. The maximum atomic E-state index is 14.8. The summed E-state index contributed by atoms with van der Waals surface area (Å²) in [5.74, 6) is -1.13. The van der Waals surface area contributed by atoms with Gasteiger partial charge < -0.3 is 41.1 Å². The van der Waals surface area contributed by atoms with Crippen LogP contribution in [-0.2, 0) is 52.2 Å². The molecule has 0 radical (unpaired) electrons. The van der Waals surface area contributed by atoms with Crippen molar-refractivity contribution in [2.75, 3.05) is 35.4 Å². The van der Waals surface area contributed by atoms with Gasteiger partial charge in [0.05, 0.1) is 19.7 Å². The maximum absolute atomic E-state index is 14.8. The number of nitrogens with two attached hydrogens (primary N) is 2. The van der Waals surface area contributed by atoms with E-state index < -0.39 is 51.9 Å². The SMILES string of the molecule is C=CC[n+]1c(N)cc(N)nc1SCC1=C(C(=O)OCc2ccc(OC)cc2)N2C(=O)C(NC(=O)/C(=N\OC(C)(C)C(=O)OC(C)(C)C)c3csc(NC(c4ccccc4)(c4ccccc4)c4ccccc4)n3)C2SC1. The topological polar surface area (TPSA) is 227 Å². The summed E-state index contributed by atoms with van der Waals surface area (Å²) in [4.78, 5) is 73.7. The van der Waals surface area contributed by atoms with Crippen molar-refractivity contribution in [1.82, 2.24) is 20.2 Å². The van der Waals surface area contributed by atoms with Gasteiger partial charge in [-0.3, -0.25) is 14.5 Å². The molecule has 2 aromatic heterocycles. The first-order valence-electron chi connectivity index (χ1n) is 23.8. The van der Waals surface area contributed by atoms with Crippen LogP contribution in [0.4, 0.5) is 16.8 Å². The van der Waals surface area contributed by atoms with E-state index in [1.807, 2.05) is 91.0 Å². The number of nitrogens with zero attached hydrogens (tertiary/aromatic N) is 5. The van der Waals surface area contributed by atoms with Crippen LogP contribution in [0.5, 0.6) is 5.75 Å². The fourth-order valence-electron chi connectivity index (χ4n) is 8.23. The van der Waals surface area contributed by atoms with E-state index in [1.165, 1.54) is 53.6 Å². The lowest BCUT2D eigenvalue weighted by atomic mass is 9.77. The van der Waals surface area contributed by atoms with Crippen LogP contribution < -0.4 is 31.4 Å². The first-order chi connectivity index (χ1) is 35.9. The van der Waals surface area contributed by atoms with E-state index in [4.69, 9.17) is 35.5 Å². The Balaban J connectivity index is 1.11. The second-order valence-electron chi connectivity index (χ2n) is 18.9. The minimum Gasteiger partial charge on any atom is -0.497 e. The van der Waals surface area contributed by atoms with Crippen molar-refractivity contribution >= 4 is 81.1 Å². The summed E-state index contributed by atoms with van der Waals surface area (Å²) in [7, 11) is 1.56. The highest BCUT2D eigenvalue weighted by molar-refractivity contribution is 8.01. The number of thioether (sulfide) groups is 2. The van der Waals surface area contributed by atoms with Crippen molar-refractivity contribution in [3.8, 4) is 5.75 Å². The standard InChI is InChI=1S/C55H57N9O8S3/c1-8-28-63-42(57)29-41(56)59-52(63)75-32-35-31-73-48-44(47(66)64(48)45(35)49(67)70-30-34-24-26-39(69-7)27-25-34)60-46(65)43(62-72-54(5,6)50(68)71-53(2,3)4)40-33-74-51(58-40)61-55(36-18-12-9-13-19-36,37-20-14-10-15-21-37)38-22-16-11-17-23-38/h8-27,29,33,44,48H,1,28,30-32H2,2-7H3,(H5,56,57,58,60,61,65)/p+1/b62-43-. The third-order valence-electron chi connectivity index (χ3n) is 11.9. The van der Waals surface area contributed by atoms with Crippen molar-refractivity contribution in [2.24, 2.45) is 5.16 Å². The summed E-state index contributed by atoms with van der Waals surface area (Å²) in [6.45, 7) is 12.2. The molecule has 0 saturated carbocycles. The molecule has 2 unspecified atom stereocenters. The Kier molecular flexibility index (Phi) is 16.3. The first kappa shape index (κ1) is 53.6. The fourth-order valence-corrected chi connectivity index (χ4v) is 11.5. The van der Waals surface area contributed by atoms with Gasteiger partial charge in [0.1, 0.15) is 46.3 Å². The smallest absolute Gasteiger partial charge is 0.355 e. The van der Waals surface area contributed by atoms with Crippen molar-refractivity contribution in [2.45, 2.75) is 81.1 Å². The van der Waals surface area contributed by atoms with Gasteiger partial charge in [0.2, 0.25) is 17.2 Å². The number of β-lactam (4-membered cyclic amide) rings is 1. The van der Waals surface area contributed by atoms with E-state index in [2.05, 4.69) is 27.4 Å². The highest BCUT2D eigenvalue weighted by Gasteiger charge is 2.55. The summed E-state index contributed by atoms with van der Waals surface area (Å²) < 4.78 is 18.5. The molecular weight excluding hydrogens is 1010 g/mol. The van der Waals surface area contributed by atoms with Crippen LogP contribution in [0.1, 0.15) is 62.6 Å². The van der Waals surface area contributed by atoms with Crippen LogP contribution in [0.25, 0.3) is 0 Å². The number of carbonyl (C=O) groups is 4. The van der Waals surface area contributed by atoms with Gasteiger partial charge in [0.15, 0.2) is 10.8 Å². The van der Waals surface area contributed by atoms with E-state index in [9.17, 15) is 19.2 Å². The van der Waals surface area contributed by atoms with Crippen molar-refractivity contribution < 1.29 is 42.8 Å². The van der Waals surface area contributed by atoms with Crippen LogP contribution in [-0.4, -0.2) is 85.6 Å². The number of aromatic nitrogens is 3. The lowest BCUT2D eigenvalue weighted by Crippen LogP contribution is -2.71. The van der Waals surface area contributed by atoms with Gasteiger partial charge in [0, 0.05) is 16.9 Å². The molecule has 6 aromatic rings. The number of nitrogen functional groups attached to an aromatic ring is 2. The highest BCUT2D eigenvalue weighted by atomic mass is 32.2. The second kappa shape index (κ2) is 22.8. The summed E-state index contributed by atoms with van der Waals surface area (Å²) in [5, 5.41) is 12.7. The quantitative estimate of drug-likeness (QED) is 0.00664. The number of anilines is 3. The number of ether oxygens (including phenoxy) is 3. The number of fused-ring (bicyclic) bond motifs is 1. The van der Waals surface area contributed by atoms with Crippen LogP contribution in [0.2, 0.25) is 0 Å². The van der Waals surface area contributed by atoms with Gasteiger partial charge in [-0.2, -0.15) is 0 Å². The number of hydrogen-bond acceptors (Lipinski definition) is 17. The molecular formula is C55H58N9O8S3+. The molecule has 0 bridgehead atoms. The maximum Gasteiger partial charge on any atom is 0.355 e. The normalized spacial score (nSPS) is 15.8. The van der Waals surface area contributed by atoms with Gasteiger partial charge >= 0.3 is 17.1 Å². The Bertz CT molecular complexity index is 3030. The second-order valence-corrected chi connectivity index (χ2v) is 21.8. The predicted octanol–water partition coefficient (Wildman–Crippen LogP) is 7.62. The average molecular weight is 1070 g/mol. The first-order valence-corrected chi connectivity index (χ1v) is 26.7. The fraction of sp³-hybridized carbons (Fsp3) is 0.273. The summed E-state index contributed by atoms with van der Waals surface area (Å²) in [6, 6.07) is 37.3. The summed E-state index contributed by atoms with van der Waals surface area (Å²) in [5.41, 5.74) is 12.8. The zero-order valence-corrected chi connectivity index (χ0v) is 44.7. The molecule has 0 spiro atoms. The molecule has 388 valence electrons. The molecule has 2 aliphatic rings. The predicted molar refractivity (Wildman–Crippen MR) is 292 cm³/mol. The molecule has 75 heavy (non-hydrogen) atoms. The number of nitrogens with one attached hydrogen (secondary N) is 2. The Labute approximate surface area is 447 Å². The van der Waals surface area contributed by atoms with Crippen LogP contribution in [0.15, 0.2) is 161 Å². The molecule has 0 aliphatic carbocycles. The van der Waals surface area contributed by atoms with E-state index in [0.29, 0.717) is 39.5 Å². The van der Waals surface area contributed by atoms with Gasteiger partial charge in [-0.25, -0.2) is 19.1 Å². The van der Waals surface area contributed by atoms with E-state index in [-0.39, 0.29) is 41.0 Å². The largest absolute Gasteiger partial charge is 0.497 e. The van der Waals surface area contributed by atoms with E-state index in [0.717, 1.165) is 16.7 Å². The van der Waals surface area contributed by atoms with Crippen molar-refractivity contribution in [3.05, 3.63) is 179 Å². The number of amides is 2. The molecule has 2 amide bonds. The lowest BCUT2D eigenvalue weighted by Gasteiger charge is -2.49. The van der Waals surface area contributed by atoms with Gasteiger partial charge in [0.25, 0.3) is 11.8 Å². The Morgan fingerprint density at radius 1 is 0.907 bits per heavy atom. The molecule has 4 aromatic carbocycles. The van der Waals surface area contributed by atoms with Gasteiger partial charge in [-0.15, -0.1) is 23.1 Å². The minimum atomic E-state index is -1.67. The van der Waals surface area contributed by atoms with Crippen LogP contribution in [0, 0.1) is 0 Å². The number of oxime groups is 1. The van der Waals surface area contributed by atoms with Gasteiger partial charge in [-0.1, -0.05) is 126 Å². The molecule has 2 atom stereocenters. The van der Waals surface area contributed by atoms with E-state index in [1.54, 1.807) is 74.2 Å². The number of methoxy groups -OCH3 is 1. The number of thiazole rings is 1. The monoisotopic (exact) mass is 1070 g/mol. The number of rotatable bonds is 20. The highest BCUT2D eigenvalue weighted by Crippen LogP contribution is 2.43. The minimum absolute atomic E-state index is 0.0488. The Morgan fingerprint density at radius 2 is 1.52 bits per heavy atom. The van der Waals surface area contributed by atoms with Crippen LogP contribution in [0.3, 0.4) is 0 Å². The average Bonchev–Trinajstić information content (AvgIpc) is 3.88. The Hall–Kier alpha value is -7.68. The molecule has 6 N–H and O–H groups in total. The number of allylic oxidation sites excluding steroid dienone is 1. The number of carbonyl (C=O) groups excluding carboxylic acids is 4. The number of benzene rings is 4. The van der Waals surface area contributed by atoms with Gasteiger partial charge in [-0.05, 0) is 86.3 Å². The third kappa shape index (κ3) is 12.0. The molecule has 2 aliphatic heterocycles. The molecule has 1 saturated heterocycles. The molecule has 1 fully saturated rings. The Morgan fingerprint density at radius 3 is 2.09 bits per heavy atom. The van der Waals surface area contributed by atoms with Crippen molar-refractivity contribution in [1.29, 1.82) is 0 Å². The third-order valence-corrected chi connectivity index (χ3v) is 15.1. The lowest BCUT2D eigenvalue weighted by molar-refractivity contribution is -0.713. The van der Waals surface area contributed by atoms with E-state index >= 15 is 0 Å². The zero-order chi connectivity index (χ0) is 53.5. The summed E-state index contributed by atoms with van der Waals surface area (Å²) >= 11 is 3.87. The molecule has 8 rings (SSSR count). The molecule has 20 heteroatoms.